The van der Waals surface area contributed by atoms with E-state index in [0.717, 1.165) is 10.4 Å². The minimum absolute atomic E-state index is 0.155. The fourth-order valence-electron chi connectivity index (χ4n) is 2.21. The predicted octanol–water partition coefficient (Wildman–Crippen LogP) is 1.92. The molecule has 0 bridgehead atoms. The fourth-order valence-corrected chi connectivity index (χ4v) is 3.60. The van der Waals surface area contributed by atoms with Crippen LogP contribution in [0.1, 0.15) is 15.9 Å². The van der Waals surface area contributed by atoms with Crippen LogP contribution in [-0.4, -0.2) is 39.6 Å². The van der Waals surface area contributed by atoms with Crippen LogP contribution in [0.4, 0.5) is 0 Å². The Labute approximate surface area is 163 Å². The average Bonchev–Trinajstić information content (AvgIpc) is 3.34. The van der Waals surface area contributed by atoms with Crippen molar-refractivity contribution in [1.29, 1.82) is 0 Å². The number of ether oxygens (including phenoxy) is 1. The van der Waals surface area contributed by atoms with Gasteiger partial charge in [0.1, 0.15) is 0 Å². The lowest BCUT2D eigenvalue weighted by Crippen LogP contribution is -2.25. The molecule has 0 aliphatic heterocycles. The highest BCUT2D eigenvalue weighted by atomic mass is 32.2. The van der Waals surface area contributed by atoms with Crippen LogP contribution in [0.25, 0.3) is 10.7 Å². The Morgan fingerprint density at radius 3 is 2.70 bits per heavy atom. The zero-order valence-electron chi connectivity index (χ0n) is 14.4. The van der Waals surface area contributed by atoms with Crippen molar-refractivity contribution in [3.63, 3.8) is 0 Å². The van der Waals surface area contributed by atoms with Crippen molar-refractivity contribution in [2.24, 2.45) is 0 Å². The maximum atomic E-state index is 12.1. The molecular weight excluding hydrogens is 386 g/mol. The third-order valence-corrected chi connectivity index (χ3v) is 5.41. The van der Waals surface area contributed by atoms with Crippen LogP contribution in [0, 0.1) is 0 Å². The van der Waals surface area contributed by atoms with E-state index in [1.165, 1.54) is 34.9 Å². The lowest BCUT2D eigenvalue weighted by atomic mass is 10.1. The summed E-state index contributed by atoms with van der Waals surface area (Å²) in [7, 11) is 1.33. The van der Waals surface area contributed by atoms with Gasteiger partial charge >= 0.3 is 5.97 Å². The van der Waals surface area contributed by atoms with Gasteiger partial charge < -0.3 is 15.9 Å². The van der Waals surface area contributed by atoms with E-state index < -0.39 is 5.97 Å². The van der Waals surface area contributed by atoms with Crippen LogP contribution >= 0.6 is 23.1 Å². The standard InChI is InChI=1S/C17H17N5O3S2/c1-25-16(24)12-6-4-11(5-7-12)9-19-14(23)10-27-17-21-20-15(22(17)18)13-3-2-8-26-13/h2-8H,9-10,18H2,1H3,(H,19,23). The molecule has 0 aliphatic rings. The number of esters is 1. The van der Waals surface area contributed by atoms with E-state index in [4.69, 9.17) is 5.84 Å². The third-order valence-electron chi connectivity index (χ3n) is 3.60. The van der Waals surface area contributed by atoms with Gasteiger partial charge in [0.15, 0.2) is 5.82 Å². The van der Waals surface area contributed by atoms with Crippen molar-refractivity contribution in [3.8, 4) is 10.7 Å². The number of amides is 1. The number of thioether (sulfide) groups is 1. The molecule has 0 radical (unpaired) electrons. The zero-order chi connectivity index (χ0) is 19.2. The van der Waals surface area contributed by atoms with Gasteiger partial charge in [0.05, 0.1) is 23.3 Å². The van der Waals surface area contributed by atoms with Crippen molar-refractivity contribution in [1.82, 2.24) is 20.2 Å². The molecule has 0 saturated heterocycles. The molecule has 0 saturated carbocycles. The number of benzene rings is 1. The molecule has 0 fully saturated rings. The van der Waals surface area contributed by atoms with Gasteiger partial charge in [-0.3, -0.25) is 4.79 Å². The maximum Gasteiger partial charge on any atom is 0.337 e. The van der Waals surface area contributed by atoms with Gasteiger partial charge in [-0.05, 0) is 29.1 Å². The average molecular weight is 403 g/mol. The van der Waals surface area contributed by atoms with Gasteiger partial charge in [0, 0.05) is 6.54 Å². The van der Waals surface area contributed by atoms with Gasteiger partial charge in [-0.25, -0.2) is 9.47 Å². The van der Waals surface area contributed by atoms with E-state index in [1.807, 2.05) is 17.5 Å². The van der Waals surface area contributed by atoms with Crippen LogP contribution in [0.5, 0.6) is 0 Å². The number of carbonyl (C=O) groups excluding carboxylic acids is 2. The number of carbonyl (C=O) groups is 2. The lowest BCUT2D eigenvalue weighted by Gasteiger charge is -2.06. The number of hydrogen-bond donors (Lipinski definition) is 2. The number of methoxy groups -OCH3 is 1. The summed E-state index contributed by atoms with van der Waals surface area (Å²) in [6.45, 7) is 0.358. The summed E-state index contributed by atoms with van der Waals surface area (Å²) in [5.74, 6) is 6.19. The molecule has 0 unspecified atom stereocenters. The molecule has 1 aromatic carbocycles. The second kappa shape index (κ2) is 8.69. The molecule has 10 heteroatoms. The molecule has 3 rings (SSSR count). The SMILES string of the molecule is COC(=O)c1ccc(CNC(=O)CSc2nnc(-c3cccs3)n2N)cc1. The van der Waals surface area contributed by atoms with Crippen molar-refractivity contribution < 1.29 is 14.3 Å². The van der Waals surface area contributed by atoms with Crippen molar-refractivity contribution in [3.05, 3.63) is 52.9 Å². The van der Waals surface area contributed by atoms with Crippen LogP contribution < -0.4 is 11.2 Å². The first-order chi connectivity index (χ1) is 13.1. The van der Waals surface area contributed by atoms with Crippen molar-refractivity contribution >= 4 is 35.0 Å². The van der Waals surface area contributed by atoms with Gasteiger partial charge in [0.25, 0.3) is 0 Å². The van der Waals surface area contributed by atoms with Crippen LogP contribution in [0.15, 0.2) is 46.9 Å². The van der Waals surface area contributed by atoms with Gasteiger partial charge in [0.2, 0.25) is 11.1 Å². The monoisotopic (exact) mass is 403 g/mol. The minimum Gasteiger partial charge on any atom is -0.465 e. The van der Waals surface area contributed by atoms with Gasteiger partial charge in [-0.2, -0.15) is 0 Å². The molecule has 3 aromatic rings. The summed E-state index contributed by atoms with van der Waals surface area (Å²) in [5.41, 5.74) is 1.34. The summed E-state index contributed by atoms with van der Waals surface area (Å²) in [4.78, 5) is 24.4. The number of aromatic nitrogens is 3. The highest BCUT2D eigenvalue weighted by Gasteiger charge is 2.14. The number of nitrogens with one attached hydrogen (secondary N) is 1. The quantitative estimate of drug-likeness (QED) is 0.352. The molecule has 3 N–H and O–H groups in total. The molecule has 2 aromatic heterocycles. The van der Waals surface area contributed by atoms with Gasteiger partial charge in [-0.1, -0.05) is 30.0 Å². The topological polar surface area (TPSA) is 112 Å². The van der Waals surface area contributed by atoms with E-state index >= 15 is 0 Å². The molecule has 8 nitrogen and oxygen atoms in total. The first-order valence-corrected chi connectivity index (χ1v) is 9.76. The summed E-state index contributed by atoms with van der Waals surface area (Å²) in [6, 6.07) is 10.7. The second-order valence-corrected chi connectivity index (χ2v) is 7.30. The molecule has 0 aliphatic carbocycles. The Balaban J connectivity index is 1.50. The smallest absolute Gasteiger partial charge is 0.337 e. The van der Waals surface area contributed by atoms with Crippen LogP contribution in [0.3, 0.4) is 0 Å². The van der Waals surface area contributed by atoms with E-state index in [-0.39, 0.29) is 11.7 Å². The van der Waals surface area contributed by atoms with Crippen molar-refractivity contribution in [2.45, 2.75) is 11.7 Å². The Morgan fingerprint density at radius 1 is 1.26 bits per heavy atom. The number of rotatable bonds is 7. The van der Waals surface area contributed by atoms with Crippen molar-refractivity contribution in [2.75, 3.05) is 18.7 Å². The summed E-state index contributed by atoms with van der Waals surface area (Å²) < 4.78 is 6.03. The number of hydrogen-bond acceptors (Lipinski definition) is 8. The Morgan fingerprint density at radius 2 is 2.04 bits per heavy atom. The highest BCUT2D eigenvalue weighted by Crippen LogP contribution is 2.24. The molecule has 0 spiro atoms. The molecule has 2 heterocycles. The van der Waals surface area contributed by atoms with E-state index in [1.54, 1.807) is 24.3 Å². The summed E-state index contributed by atoms with van der Waals surface area (Å²) >= 11 is 2.73. The zero-order valence-corrected chi connectivity index (χ0v) is 16.0. The molecule has 140 valence electrons. The lowest BCUT2D eigenvalue weighted by molar-refractivity contribution is -0.118. The molecule has 27 heavy (non-hydrogen) atoms. The van der Waals surface area contributed by atoms with E-state index in [2.05, 4.69) is 20.3 Å². The largest absolute Gasteiger partial charge is 0.465 e. The van der Waals surface area contributed by atoms with E-state index in [0.29, 0.717) is 23.1 Å². The number of nitrogens with zero attached hydrogens (tertiary/aromatic N) is 3. The molecule has 1 amide bonds. The second-order valence-electron chi connectivity index (χ2n) is 5.41. The Hall–Kier alpha value is -2.85. The predicted molar refractivity (Wildman–Crippen MR) is 104 cm³/mol. The van der Waals surface area contributed by atoms with Gasteiger partial charge in [-0.15, -0.1) is 21.5 Å². The van der Waals surface area contributed by atoms with Crippen LogP contribution in [-0.2, 0) is 16.1 Å². The first-order valence-electron chi connectivity index (χ1n) is 7.89. The van der Waals surface area contributed by atoms with Crippen LogP contribution in [0.2, 0.25) is 0 Å². The first kappa shape index (κ1) is 18.9. The number of nitrogen functional groups attached to an aromatic ring is 1. The Kier molecular flexibility index (Phi) is 6.09. The normalized spacial score (nSPS) is 10.6. The fraction of sp³-hybridized carbons (Fsp3) is 0.176. The third kappa shape index (κ3) is 4.66. The maximum absolute atomic E-state index is 12.1. The number of nitrogens with two attached hydrogens (primary N) is 1. The molecule has 0 atom stereocenters. The number of thiophene rings is 1. The highest BCUT2D eigenvalue weighted by molar-refractivity contribution is 7.99. The minimum atomic E-state index is -0.394. The summed E-state index contributed by atoms with van der Waals surface area (Å²) in [5, 5.41) is 13.3. The Bertz CT molecular complexity index is 923. The van der Waals surface area contributed by atoms with E-state index in [9.17, 15) is 9.59 Å². The summed E-state index contributed by atoms with van der Waals surface area (Å²) in [6.07, 6.45) is 0. The molecular formula is C17H17N5O3S2.